The molecule has 1 aromatic heterocycles. The lowest BCUT2D eigenvalue weighted by atomic mass is 10.2. The first-order valence-corrected chi connectivity index (χ1v) is 6.96. The molecule has 18 heavy (non-hydrogen) atoms. The van der Waals surface area contributed by atoms with E-state index in [4.69, 9.17) is 0 Å². The molecule has 0 aliphatic heterocycles. The minimum absolute atomic E-state index is 0.0411. The molecule has 1 heterocycles. The highest BCUT2D eigenvalue weighted by molar-refractivity contribution is 5.38. The van der Waals surface area contributed by atoms with Crippen molar-refractivity contribution in [2.24, 2.45) is 5.92 Å². The summed E-state index contributed by atoms with van der Waals surface area (Å²) in [5.74, 6) is 2.69. The molecule has 0 unspecified atom stereocenters. The van der Waals surface area contributed by atoms with Gasteiger partial charge in [0.05, 0.1) is 0 Å². The monoisotopic (exact) mass is 249 g/mol. The Kier molecular flexibility index (Phi) is 4.04. The summed E-state index contributed by atoms with van der Waals surface area (Å²) in [6.07, 6.45) is 3.72. The van der Waals surface area contributed by atoms with E-state index in [2.05, 4.69) is 21.8 Å². The minimum Gasteiger partial charge on any atom is -0.356 e. The summed E-state index contributed by atoms with van der Waals surface area (Å²) in [6, 6.07) is 1.63. The second kappa shape index (κ2) is 5.55. The average molecular weight is 249 g/mol. The standard InChI is InChI=1S/C14H23N3O/c1-4-7-17(9-11-5-6-11)12-8-13(18)16-14(15-12)10(2)3/h8,10-11H,4-7,9H2,1-3H3,(H,15,16,18). The first kappa shape index (κ1) is 13.1. The van der Waals surface area contributed by atoms with Crippen LogP contribution >= 0.6 is 0 Å². The zero-order chi connectivity index (χ0) is 13.1. The van der Waals surface area contributed by atoms with Crippen molar-refractivity contribution in [2.75, 3.05) is 18.0 Å². The Bertz CT molecular complexity index is 449. The summed E-state index contributed by atoms with van der Waals surface area (Å²) >= 11 is 0. The van der Waals surface area contributed by atoms with E-state index in [-0.39, 0.29) is 11.5 Å². The quantitative estimate of drug-likeness (QED) is 0.842. The lowest BCUT2D eigenvalue weighted by molar-refractivity contribution is 0.684. The van der Waals surface area contributed by atoms with Crippen molar-refractivity contribution in [2.45, 2.75) is 46.0 Å². The van der Waals surface area contributed by atoms with Gasteiger partial charge in [0, 0.05) is 25.1 Å². The van der Waals surface area contributed by atoms with Gasteiger partial charge in [0.2, 0.25) is 0 Å². The molecule has 2 rings (SSSR count). The number of aromatic nitrogens is 2. The van der Waals surface area contributed by atoms with Crippen molar-refractivity contribution >= 4 is 5.82 Å². The highest BCUT2D eigenvalue weighted by Gasteiger charge is 2.25. The molecule has 1 aliphatic carbocycles. The number of H-pyrrole nitrogens is 1. The Balaban J connectivity index is 2.24. The lowest BCUT2D eigenvalue weighted by Gasteiger charge is -2.23. The molecule has 1 N–H and O–H groups in total. The number of nitrogens with one attached hydrogen (secondary N) is 1. The molecule has 100 valence electrons. The van der Waals surface area contributed by atoms with Crippen LogP contribution in [0.2, 0.25) is 0 Å². The van der Waals surface area contributed by atoms with E-state index < -0.39 is 0 Å². The van der Waals surface area contributed by atoms with Gasteiger partial charge in [-0.05, 0) is 25.2 Å². The van der Waals surface area contributed by atoms with Gasteiger partial charge in [0.25, 0.3) is 5.56 Å². The van der Waals surface area contributed by atoms with Gasteiger partial charge in [-0.1, -0.05) is 20.8 Å². The molecule has 0 aromatic carbocycles. The maximum Gasteiger partial charge on any atom is 0.252 e. The predicted molar refractivity (Wildman–Crippen MR) is 74.2 cm³/mol. The number of hydrogen-bond acceptors (Lipinski definition) is 3. The molecule has 0 atom stereocenters. The second-order valence-electron chi connectivity index (χ2n) is 5.53. The van der Waals surface area contributed by atoms with Crippen LogP contribution in [0.15, 0.2) is 10.9 Å². The molecule has 1 aliphatic rings. The van der Waals surface area contributed by atoms with E-state index in [1.807, 2.05) is 13.8 Å². The molecular weight excluding hydrogens is 226 g/mol. The van der Waals surface area contributed by atoms with E-state index in [0.29, 0.717) is 0 Å². The Morgan fingerprint density at radius 3 is 2.78 bits per heavy atom. The number of aromatic amines is 1. The summed E-state index contributed by atoms with van der Waals surface area (Å²) in [4.78, 5) is 21.4. The molecule has 0 bridgehead atoms. The molecule has 0 spiro atoms. The van der Waals surface area contributed by atoms with E-state index in [0.717, 1.165) is 37.1 Å². The van der Waals surface area contributed by atoms with Crippen LogP contribution in [0.3, 0.4) is 0 Å². The van der Waals surface area contributed by atoms with E-state index >= 15 is 0 Å². The largest absolute Gasteiger partial charge is 0.356 e. The molecule has 0 radical (unpaired) electrons. The maximum atomic E-state index is 11.7. The number of nitrogens with zero attached hydrogens (tertiary/aromatic N) is 2. The summed E-state index contributed by atoms with van der Waals surface area (Å²) in [7, 11) is 0. The number of hydrogen-bond donors (Lipinski definition) is 1. The van der Waals surface area contributed by atoms with E-state index in [1.165, 1.54) is 12.8 Å². The van der Waals surface area contributed by atoms with Gasteiger partial charge >= 0.3 is 0 Å². The first-order chi connectivity index (χ1) is 8.60. The third kappa shape index (κ3) is 3.34. The van der Waals surface area contributed by atoms with Crippen molar-refractivity contribution in [1.29, 1.82) is 0 Å². The third-order valence-corrected chi connectivity index (χ3v) is 3.29. The zero-order valence-electron chi connectivity index (χ0n) is 11.6. The van der Waals surface area contributed by atoms with E-state index in [1.54, 1.807) is 6.07 Å². The first-order valence-electron chi connectivity index (χ1n) is 6.96. The summed E-state index contributed by atoms with van der Waals surface area (Å²) in [5, 5.41) is 0. The Morgan fingerprint density at radius 1 is 1.50 bits per heavy atom. The van der Waals surface area contributed by atoms with Crippen molar-refractivity contribution in [3.05, 3.63) is 22.2 Å². The van der Waals surface area contributed by atoms with Crippen LogP contribution in [-0.2, 0) is 0 Å². The molecule has 1 fully saturated rings. The Labute approximate surface area is 108 Å². The fraction of sp³-hybridized carbons (Fsp3) is 0.714. The smallest absolute Gasteiger partial charge is 0.252 e. The van der Waals surface area contributed by atoms with E-state index in [9.17, 15) is 4.79 Å². The summed E-state index contributed by atoms with van der Waals surface area (Å²) < 4.78 is 0. The fourth-order valence-electron chi connectivity index (χ4n) is 2.08. The van der Waals surface area contributed by atoms with Gasteiger partial charge in [-0.2, -0.15) is 0 Å². The summed E-state index contributed by atoms with van der Waals surface area (Å²) in [5.41, 5.74) is -0.0411. The molecule has 0 saturated heterocycles. The Hall–Kier alpha value is -1.32. The van der Waals surface area contributed by atoms with Crippen LogP contribution < -0.4 is 10.5 Å². The van der Waals surface area contributed by atoms with Crippen molar-refractivity contribution in [3.8, 4) is 0 Å². The highest BCUT2D eigenvalue weighted by atomic mass is 16.1. The van der Waals surface area contributed by atoms with Gasteiger partial charge in [-0.3, -0.25) is 4.79 Å². The minimum atomic E-state index is -0.0411. The number of rotatable bonds is 6. The van der Waals surface area contributed by atoms with Crippen LogP contribution in [-0.4, -0.2) is 23.1 Å². The second-order valence-corrected chi connectivity index (χ2v) is 5.53. The average Bonchev–Trinajstić information content (AvgIpc) is 3.11. The topological polar surface area (TPSA) is 49.0 Å². The fourth-order valence-corrected chi connectivity index (χ4v) is 2.08. The molecule has 1 aromatic rings. The maximum absolute atomic E-state index is 11.7. The normalized spacial score (nSPS) is 15.1. The highest BCUT2D eigenvalue weighted by Crippen LogP contribution is 2.31. The van der Waals surface area contributed by atoms with Crippen molar-refractivity contribution in [1.82, 2.24) is 9.97 Å². The predicted octanol–water partition coefficient (Wildman–Crippen LogP) is 2.52. The van der Waals surface area contributed by atoms with Gasteiger partial charge in [-0.15, -0.1) is 0 Å². The van der Waals surface area contributed by atoms with Gasteiger partial charge in [-0.25, -0.2) is 4.98 Å². The van der Waals surface area contributed by atoms with Crippen molar-refractivity contribution in [3.63, 3.8) is 0 Å². The van der Waals surface area contributed by atoms with Crippen molar-refractivity contribution < 1.29 is 0 Å². The van der Waals surface area contributed by atoms with Gasteiger partial charge < -0.3 is 9.88 Å². The van der Waals surface area contributed by atoms with Crippen LogP contribution in [0.5, 0.6) is 0 Å². The number of anilines is 1. The van der Waals surface area contributed by atoms with Gasteiger partial charge in [0.15, 0.2) is 0 Å². The van der Waals surface area contributed by atoms with Gasteiger partial charge in [0.1, 0.15) is 11.6 Å². The molecule has 4 heteroatoms. The van der Waals surface area contributed by atoms with Crippen LogP contribution in [0.4, 0.5) is 5.82 Å². The van der Waals surface area contributed by atoms with Crippen LogP contribution in [0.1, 0.15) is 51.8 Å². The zero-order valence-corrected chi connectivity index (χ0v) is 11.6. The lowest BCUT2D eigenvalue weighted by Crippen LogP contribution is -2.29. The SMILES string of the molecule is CCCN(CC1CC1)c1cc(=O)[nH]c(C(C)C)n1. The molecule has 1 saturated carbocycles. The Morgan fingerprint density at radius 2 is 2.22 bits per heavy atom. The van der Waals surface area contributed by atoms with Crippen LogP contribution in [0.25, 0.3) is 0 Å². The molecule has 4 nitrogen and oxygen atoms in total. The molecular formula is C14H23N3O. The third-order valence-electron chi connectivity index (χ3n) is 3.29. The van der Waals surface area contributed by atoms with Crippen LogP contribution in [0, 0.1) is 5.92 Å². The molecule has 0 amide bonds. The summed E-state index contributed by atoms with van der Waals surface area (Å²) in [6.45, 7) is 8.28.